The fourth-order valence-corrected chi connectivity index (χ4v) is 5.52. The Hall–Kier alpha value is -3.98. The van der Waals surface area contributed by atoms with Crippen molar-refractivity contribution in [2.45, 2.75) is 51.4 Å². The third-order valence-electron chi connectivity index (χ3n) is 7.63. The highest BCUT2D eigenvalue weighted by Gasteiger charge is 2.48. The maximum absolute atomic E-state index is 13.1. The summed E-state index contributed by atoms with van der Waals surface area (Å²) in [7, 11) is 3.52. The number of amides is 3. The summed E-state index contributed by atoms with van der Waals surface area (Å²) in [5.74, 6) is -0.262. The summed E-state index contributed by atoms with van der Waals surface area (Å²) in [5.41, 5.74) is 5.04. The van der Waals surface area contributed by atoms with Gasteiger partial charge in [-0.05, 0) is 61.2 Å². The van der Waals surface area contributed by atoms with Gasteiger partial charge in [0.15, 0.2) is 0 Å². The van der Waals surface area contributed by atoms with E-state index in [4.69, 9.17) is 0 Å². The molecule has 1 spiro atoms. The highest BCUT2D eigenvalue weighted by molar-refractivity contribution is 5.94. The SMILES string of the molecule is CC(=O)Nc1ccc(CNC(=O)c2ccc3n2CCN(Cc2ccc(C(=O)N(C)C)cc2)C32CCC2)nc1. The lowest BCUT2D eigenvalue weighted by Crippen LogP contribution is -2.56. The van der Waals surface area contributed by atoms with E-state index in [1.165, 1.54) is 24.6 Å². The topological polar surface area (TPSA) is 99.6 Å². The molecule has 9 heteroatoms. The second-order valence-corrected chi connectivity index (χ2v) is 10.4. The van der Waals surface area contributed by atoms with E-state index in [-0.39, 0.29) is 23.3 Å². The van der Waals surface area contributed by atoms with Crippen LogP contribution in [0.5, 0.6) is 0 Å². The molecule has 2 aliphatic rings. The molecule has 5 rings (SSSR count). The zero-order valence-corrected chi connectivity index (χ0v) is 22.2. The average molecular weight is 515 g/mol. The Morgan fingerprint density at radius 2 is 1.76 bits per heavy atom. The summed E-state index contributed by atoms with van der Waals surface area (Å²) in [6.45, 7) is 4.17. The number of hydrogen-bond donors (Lipinski definition) is 2. The van der Waals surface area contributed by atoms with Gasteiger partial charge in [-0.1, -0.05) is 12.1 Å². The first-order chi connectivity index (χ1) is 18.3. The smallest absolute Gasteiger partial charge is 0.268 e. The van der Waals surface area contributed by atoms with Crippen LogP contribution in [0.3, 0.4) is 0 Å². The van der Waals surface area contributed by atoms with Crippen LogP contribution < -0.4 is 10.6 Å². The van der Waals surface area contributed by atoms with Gasteiger partial charge in [0, 0.05) is 51.9 Å². The van der Waals surface area contributed by atoms with Crippen LogP contribution >= 0.6 is 0 Å². The monoisotopic (exact) mass is 514 g/mol. The highest BCUT2D eigenvalue weighted by Crippen LogP contribution is 2.49. The number of nitrogens with one attached hydrogen (secondary N) is 2. The van der Waals surface area contributed by atoms with Gasteiger partial charge in [0.05, 0.1) is 29.7 Å². The first kappa shape index (κ1) is 25.7. The molecule has 0 unspecified atom stereocenters. The third kappa shape index (κ3) is 4.93. The molecule has 2 aromatic heterocycles. The van der Waals surface area contributed by atoms with Gasteiger partial charge in [-0.3, -0.25) is 24.3 Å². The number of carbonyl (C=O) groups excluding carboxylic acids is 3. The number of benzene rings is 1. The Morgan fingerprint density at radius 3 is 2.37 bits per heavy atom. The van der Waals surface area contributed by atoms with Crippen molar-refractivity contribution in [1.29, 1.82) is 0 Å². The first-order valence-corrected chi connectivity index (χ1v) is 13.0. The molecular formula is C29H34N6O3. The van der Waals surface area contributed by atoms with Gasteiger partial charge >= 0.3 is 0 Å². The molecule has 0 atom stereocenters. The van der Waals surface area contributed by atoms with Gasteiger partial charge in [-0.2, -0.15) is 0 Å². The lowest BCUT2D eigenvalue weighted by molar-refractivity contribution is -0.114. The van der Waals surface area contributed by atoms with E-state index < -0.39 is 0 Å². The zero-order valence-electron chi connectivity index (χ0n) is 22.2. The van der Waals surface area contributed by atoms with Crippen molar-refractivity contribution >= 4 is 23.4 Å². The molecule has 9 nitrogen and oxygen atoms in total. The standard InChI is InChI=1S/C29H34N6O3/c1-20(36)32-24-10-9-23(30-18-24)17-31-27(37)25-11-12-26-29(13-4-14-29)34(15-16-35(25)26)19-21-5-7-22(8-6-21)28(38)33(2)3/h5-12,18H,4,13-17,19H2,1-3H3,(H,31,37)(H,32,36). The van der Waals surface area contributed by atoms with Gasteiger partial charge in [-0.25, -0.2) is 0 Å². The molecule has 3 amide bonds. The molecule has 3 heterocycles. The van der Waals surface area contributed by atoms with E-state index >= 15 is 0 Å². The number of fused-ring (bicyclic) bond motifs is 2. The van der Waals surface area contributed by atoms with Crippen molar-refractivity contribution in [3.8, 4) is 0 Å². The summed E-state index contributed by atoms with van der Waals surface area (Å²) in [5, 5.41) is 5.68. The van der Waals surface area contributed by atoms with E-state index in [9.17, 15) is 14.4 Å². The van der Waals surface area contributed by atoms with Crippen molar-refractivity contribution in [3.63, 3.8) is 0 Å². The van der Waals surface area contributed by atoms with E-state index in [1.807, 2.05) is 30.3 Å². The lowest BCUT2D eigenvalue weighted by atomic mass is 9.71. The summed E-state index contributed by atoms with van der Waals surface area (Å²) in [6.07, 6.45) is 4.89. The van der Waals surface area contributed by atoms with Crippen LogP contribution in [-0.2, 0) is 30.0 Å². The molecule has 1 aliphatic carbocycles. The molecule has 1 aromatic carbocycles. The number of rotatable bonds is 7. The molecule has 1 fully saturated rings. The zero-order chi connectivity index (χ0) is 26.9. The normalized spacial score (nSPS) is 15.9. The fourth-order valence-electron chi connectivity index (χ4n) is 5.52. The summed E-state index contributed by atoms with van der Waals surface area (Å²) in [4.78, 5) is 45.0. The number of pyridine rings is 1. The number of anilines is 1. The lowest BCUT2D eigenvalue weighted by Gasteiger charge is -2.53. The summed E-state index contributed by atoms with van der Waals surface area (Å²) in [6, 6.07) is 15.5. The molecule has 38 heavy (non-hydrogen) atoms. The van der Waals surface area contributed by atoms with E-state index in [2.05, 4.69) is 31.2 Å². The van der Waals surface area contributed by atoms with Crippen molar-refractivity contribution in [3.05, 3.63) is 82.9 Å². The second kappa shape index (κ2) is 10.4. The molecule has 1 aliphatic heterocycles. The molecular weight excluding hydrogens is 480 g/mol. The Balaban J connectivity index is 1.26. The van der Waals surface area contributed by atoms with E-state index in [0.29, 0.717) is 23.5 Å². The molecule has 198 valence electrons. The molecule has 0 bridgehead atoms. The number of carbonyl (C=O) groups is 3. The quantitative estimate of drug-likeness (QED) is 0.504. The molecule has 0 radical (unpaired) electrons. The maximum Gasteiger partial charge on any atom is 0.268 e. The van der Waals surface area contributed by atoms with Gasteiger partial charge < -0.3 is 20.1 Å². The van der Waals surface area contributed by atoms with Crippen molar-refractivity contribution in [1.82, 2.24) is 24.7 Å². The Labute approximate surface area is 222 Å². The first-order valence-electron chi connectivity index (χ1n) is 13.0. The average Bonchev–Trinajstić information content (AvgIpc) is 3.31. The van der Waals surface area contributed by atoms with Crippen LogP contribution in [0.25, 0.3) is 0 Å². The van der Waals surface area contributed by atoms with Crippen LogP contribution in [0.2, 0.25) is 0 Å². The van der Waals surface area contributed by atoms with Crippen molar-refractivity contribution in [2.75, 3.05) is 26.0 Å². The third-order valence-corrected chi connectivity index (χ3v) is 7.63. The minimum atomic E-state index is -0.150. The highest BCUT2D eigenvalue weighted by atomic mass is 16.2. The van der Waals surface area contributed by atoms with Crippen LogP contribution in [0, 0.1) is 0 Å². The number of nitrogens with zero attached hydrogens (tertiary/aromatic N) is 4. The minimum Gasteiger partial charge on any atom is -0.345 e. The Bertz CT molecular complexity index is 1340. The predicted octanol–water partition coefficient (Wildman–Crippen LogP) is 3.37. The van der Waals surface area contributed by atoms with Crippen LogP contribution in [0.4, 0.5) is 5.69 Å². The van der Waals surface area contributed by atoms with E-state index in [0.717, 1.165) is 38.2 Å². The molecule has 1 saturated carbocycles. The molecule has 0 saturated heterocycles. The molecule has 2 N–H and O–H groups in total. The number of aromatic nitrogens is 2. The van der Waals surface area contributed by atoms with Crippen molar-refractivity contribution in [2.24, 2.45) is 0 Å². The minimum absolute atomic E-state index is 0.00593. The van der Waals surface area contributed by atoms with Crippen LogP contribution in [0.1, 0.15) is 64.0 Å². The van der Waals surface area contributed by atoms with Gasteiger partial charge in [0.2, 0.25) is 5.91 Å². The second-order valence-electron chi connectivity index (χ2n) is 10.4. The maximum atomic E-state index is 13.1. The largest absolute Gasteiger partial charge is 0.345 e. The number of hydrogen-bond acceptors (Lipinski definition) is 5. The summed E-state index contributed by atoms with van der Waals surface area (Å²) >= 11 is 0. The van der Waals surface area contributed by atoms with Crippen molar-refractivity contribution < 1.29 is 14.4 Å². The van der Waals surface area contributed by atoms with Crippen LogP contribution in [-0.4, -0.2) is 57.7 Å². The summed E-state index contributed by atoms with van der Waals surface area (Å²) < 4.78 is 2.18. The van der Waals surface area contributed by atoms with E-state index in [1.54, 1.807) is 37.3 Å². The fraction of sp³-hybridized carbons (Fsp3) is 0.379. The van der Waals surface area contributed by atoms with Gasteiger partial charge in [-0.15, -0.1) is 0 Å². The van der Waals surface area contributed by atoms with Gasteiger partial charge in [0.25, 0.3) is 11.8 Å². The Kier molecular flexibility index (Phi) is 7.03. The van der Waals surface area contributed by atoms with Gasteiger partial charge in [0.1, 0.15) is 5.69 Å². The molecule has 3 aromatic rings. The Morgan fingerprint density at radius 1 is 1.00 bits per heavy atom. The predicted molar refractivity (Wildman–Crippen MR) is 145 cm³/mol. The van der Waals surface area contributed by atoms with Crippen LogP contribution in [0.15, 0.2) is 54.7 Å².